The number of carbonyl (C=O) groups excluding carboxylic acids is 1. The molecule has 1 atom stereocenters. The van der Waals surface area contributed by atoms with Gasteiger partial charge in [-0.3, -0.25) is 4.79 Å². The quantitative estimate of drug-likeness (QED) is 0.802. The minimum absolute atomic E-state index is 0.0858. The maximum absolute atomic E-state index is 13.4. The zero-order chi connectivity index (χ0) is 11.9. The van der Waals surface area contributed by atoms with Crippen LogP contribution >= 0.6 is 0 Å². The molecule has 0 amide bonds. The maximum atomic E-state index is 13.4. The van der Waals surface area contributed by atoms with Gasteiger partial charge in [-0.05, 0) is 37.8 Å². The first-order valence-corrected chi connectivity index (χ1v) is 5.22. The summed E-state index contributed by atoms with van der Waals surface area (Å²) in [5, 5.41) is 0. The highest BCUT2D eigenvalue weighted by Crippen LogP contribution is 2.39. The van der Waals surface area contributed by atoms with Crippen LogP contribution < -0.4 is 5.73 Å². The Kier molecular flexibility index (Phi) is 2.54. The molecule has 1 aliphatic carbocycles. The van der Waals surface area contributed by atoms with Gasteiger partial charge in [-0.15, -0.1) is 0 Å². The topological polar surface area (TPSA) is 43.1 Å². The number of rotatable bonds is 3. The zero-order valence-electron chi connectivity index (χ0n) is 8.97. The van der Waals surface area contributed by atoms with E-state index in [2.05, 4.69) is 0 Å². The number of halogens is 2. The van der Waals surface area contributed by atoms with Gasteiger partial charge >= 0.3 is 0 Å². The Balaban J connectivity index is 2.37. The van der Waals surface area contributed by atoms with E-state index < -0.39 is 23.0 Å². The molecule has 0 aliphatic heterocycles. The smallest absolute Gasteiger partial charge is 0.185 e. The zero-order valence-corrected chi connectivity index (χ0v) is 8.97. The molecule has 1 fully saturated rings. The molecular weight excluding hydrogens is 212 g/mol. The number of nitrogens with two attached hydrogens (primary N) is 1. The molecule has 1 aliphatic rings. The summed E-state index contributed by atoms with van der Waals surface area (Å²) in [5.74, 6) is -2.56. The lowest BCUT2D eigenvalue weighted by Crippen LogP contribution is -2.47. The minimum atomic E-state index is -1.11. The summed E-state index contributed by atoms with van der Waals surface area (Å²) >= 11 is 0. The lowest BCUT2D eigenvalue weighted by Gasteiger charge is -2.22. The summed E-state index contributed by atoms with van der Waals surface area (Å²) in [6, 6.07) is 3.57. The third kappa shape index (κ3) is 1.73. The highest BCUT2D eigenvalue weighted by atomic mass is 19.2. The molecule has 0 radical (unpaired) electrons. The van der Waals surface area contributed by atoms with Crippen LogP contribution in [0.2, 0.25) is 0 Å². The Labute approximate surface area is 92.4 Å². The van der Waals surface area contributed by atoms with Gasteiger partial charge in [0.25, 0.3) is 0 Å². The normalized spacial score (nSPS) is 19.2. The minimum Gasteiger partial charge on any atom is -0.319 e. The average molecular weight is 225 g/mol. The van der Waals surface area contributed by atoms with E-state index in [1.54, 1.807) is 6.92 Å². The van der Waals surface area contributed by atoms with Gasteiger partial charge in [0.2, 0.25) is 0 Å². The summed E-state index contributed by atoms with van der Waals surface area (Å²) in [6.07, 6.45) is 1.74. The third-order valence-corrected chi connectivity index (χ3v) is 3.11. The molecule has 1 aromatic carbocycles. The van der Waals surface area contributed by atoms with Crippen LogP contribution in [0.1, 0.15) is 30.1 Å². The van der Waals surface area contributed by atoms with Gasteiger partial charge in [-0.2, -0.15) is 0 Å². The van der Waals surface area contributed by atoms with Crippen molar-refractivity contribution in [3.8, 4) is 0 Å². The molecule has 4 heteroatoms. The van der Waals surface area contributed by atoms with Crippen LogP contribution in [0, 0.1) is 17.6 Å². The fourth-order valence-electron chi connectivity index (χ4n) is 1.84. The van der Waals surface area contributed by atoms with Crippen molar-refractivity contribution >= 4 is 5.78 Å². The van der Waals surface area contributed by atoms with Crippen LogP contribution in [0.15, 0.2) is 18.2 Å². The van der Waals surface area contributed by atoms with Crippen molar-refractivity contribution in [2.24, 2.45) is 11.7 Å². The van der Waals surface area contributed by atoms with Crippen LogP contribution in [0.25, 0.3) is 0 Å². The van der Waals surface area contributed by atoms with E-state index in [1.165, 1.54) is 12.1 Å². The maximum Gasteiger partial charge on any atom is 0.185 e. The molecular formula is C12H13F2NO. The number of carbonyl (C=O) groups is 1. The van der Waals surface area contributed by atoms with Crippen LogP contribution in [0.5, 0.6) is 0 Å². The molecule has 1 saturated carbocycles. The number of hydrogen-bond acceptors (Lipinski definition) is 2. The Hall–Kier alpha value is -1.29. The number of ketones is 1. The van der Waals surface area contributed by atoms with Crippen molar-refractivity contribution in [1.29, 1.82) is 0 Å². The average Bonchev–Trinajstić information content (AvgIpc) is 3.04. The molecule has 0 aromatic heterocycles. The van der Waals surface area contributed by atoms with Gasteiger partial charge in [0.1, 0.15) is 0 Å². The van der Waals surface area contributed by atoms with Gasteiger partial charge in [-0.25, -0.2) is 8.78 Å². The van der Waals surface area contributed by atoms with E-state index in [1.807, 2.05) is 0 Å². The lowest BCUT2D eigenvalue weighted by molar-refractivity contribution is 0.0878. The van der Waals surface area contributed by atoms with Crippen molar-refractivity contribution in [2.75, 3.05) is 0 Å². The number of hydrogen-bond donors (Lipinski definition) is 1. The first kappa shape index (κ1) is 11.2. The van der Waals surface area contributed by atoms with E-state index in [0.29, 0.717) is 0 Å². The van der Waals surface area contributed by atoms with Crippen LogP contribution in [-0.4, -0.2) is 11.3 Å². The van der Waals surface area contributed by atoms with Crippen LogP contribution in [-0.2, 0) is 0 Å². The van der Waals surface area contributed by atoms with Gasteiger partial charge in [-0.1, -0.05) is 6.07 Å². The Morgan fingerprint density at radius 2 is 2.06 bits per heavy atom. The lowest BCUT2D eigenvalue weighted by atomic mass is 9.87. The fraction of sp³-hybridized carbons (Fsp3) is 0.417. The molecule has 2 rings (SSSR count). The van der Waals surface area contributed by atoms with E-state index in [9.17, 15) is 13.6 Å². The van der Waals surface area contributed by atoms with E-state index in [4.69, 9.17) is 5.73 Å². The van der Waals surface area contributed by atoms with E-state index >= 15 is 0 Å². The molecule has 0 saturated heterocycles. The first-order chi connectivity index (χ1) is 7.44. The second kappa shape index (κ2) is 3.63. The summed E-state index contributed by atoms with van der Waals surface area (Å²) in [5.41, 5.74) is 4.54. The first-order valence-electron chi connectivity index (χ1n) is 5.22. The Bertz CT molecular complexity index is 439. The van der Waals surface area contributed by atoms with Crippen molar-refractivity contribution in [2.45, 2.75) is 25.3 Å². The van der Waals surface area contributed by atoms with Gasteiger partial charge in [0.15, 0.2) is 17.4 Å². The summed E-state index contributed by atoms with van der Waals surface area (Å²) in [6.45, 7) is 1.58. The second-order valence-corrected chi connectivity index (χ2v) is 4.49. The third-order valence-electron chi connectivity index (χ3n) is 3.11. The molecule has 2 nitrogen and oxygen atoms in total. The Morgan fingerprint density at radius 1 is 1.44 bits per heavy atom. The van der Waals surface area contributed by atoms with Crippen molar-refractivity contribution in [3.63, 3.8) is 0 Å². The van der Waals surface area contributed by atoms with Crippen molar-refractivity contribution in [3.05, 3.63) is 35.4 Å². The standard InChI is InChI=1S/C12H13F2NO/c1-12(15,7-5-6-7)11(16)8-3-2-4-9(13)10(8)14/h2-4,7H,5-6,15H2,1H3. The monoisotopic (exact) mass is 225 g/mol. The highest BCUT2D eigenvalue weighted by molar-refractivity contribution is 6.03. The Morgan fingerprint density at radius 3 is 2.62 bits per heavy atom. The molecule has 1 unspecified atom stereocenters. The molecule has 0 bridgehead atoms. The van der Waals surface area contributed by atoms with Crippen LogP contribution in [0.3, 0.4) is 0 Å². The van der Waals surface area contributed by atoms with Crippen molar-refractivity contribution < 1.29 is 13.6 Å². The number of Topliss-reactive ketones (excluding diaryl/α,β-unsaturated/α-hetero) is 1. The predicted molar refractivity (Wildman–Crippen MR) is 56.0 cm³/mol. The largest absolute Gasteiger partial charge is 0.319 e. The summed E-state index contributed by atoms with van der Waals surface area (Å²) in [4.78, 5) is 12.0. The SMILES string of the molecule is CC(N)(C(=O)c1cccc(F)c1F)C1CC1. The van der Waals surface area contributed by atoms with Crippen molar-refractivity contribution in [1.82, 2.24) is 0 Å². The molecule has 0 heterocycles. The summed E-state index contributed by atoms with van der Waals surface area (Å²) in [7, 11) is 0. The predicted octanol–water partition coefficient (Wildman–Crippen LogP) is 2.27. The number of benzene rings is 1. The molecule has 1 aromatic rings. The van der Waals surface area contributed by atoms with Gasteiger partial charge in [0, 0.05) is 0 Å². The van der Waals surface area contributed by atoms with E-state index in [0.717, 1.165) is 18.9 Å². The summed E-state index contributed by atoms with van der Waals surface area (Å²) < 4.78 is 26.4. The highest BCUT2D eigenvalue weighted by Gasteiger charge is 2.45. The van der Waals surface area contributed by atoms with E-state index in [-0.39, 0.29) is 11.5 Å². The molecule has 0 spiro atoms. The second-order valence-electron chi connectivity index (χ2n) is 4.49. The molecule has 86 valence electrons. The molecule has 2 N–H and O–H groups in total. The van der Waals surface area contributed by atoms with Gasteiger partial charge in [0.05, 0.1) is 11.1 Å². The fourth-order valence-corrected chi connectivity index (χ4v) is 1.84. The van der Waals surface area contributed by atoms with Gasteiger partial charge < -0.3 is 5.73 Å². The molecule has 16 heavy (non-hydrogen) atoms. The van der Waals surface area contributed by atoms with Crippen LogP contribution in [0.4, 0.5) is 8.78 Å².